The Morgan fingerprint density at radius 2 is 2.04 bits per heavy atom. The minimum atomic E-state index is -3.76. The average molecular weight is 414 g/mol. The zero-order chi connectivity index (χ0) is 20.7. The summed E-state index contributed by atoms with van der Waals surface area (Å²) < 4.78 is 41.9. The number of hydrogen-bond acceptors (Lipinski definition) is 8. The van der Waals surface area contributed by atoms with Crippen LogP contribution in [0.3, 0.4) is 0 Å². The fourth-order valence-corrected chi connectivity index (χ4v) is 4.27. The number of methoxy groups -OCH3 is 1. The number of carbonyl (C=O) groups is 2. The Kier molecular flexibility index (Phi) is 7.78. The number of rotatable bonds is 10. The van der Waals surface area contributed by atoms with Crippen molar-refractivity contribution in [2.75, 3.05) is 45.3 Å². The molecule has 28 heavy (non-hydrogen) atoms. The highest BCUT2D eigenvalue weighted by Gasteiger charge is 2.32. The number of nitrogens with one attached hydrogen (secondary N) is 1. The summed E-state index contributed by atoms with van der Waals surface area (Å²) in [5.41, 5.74) is 0.427. The van der Waals surface area contributed by atoms with Crippen molar-refractivity contribution in [1.29, 1.82) is 0 Å². The van der Waals surface area contributed by atoms with Gasteiger partial charge in [-0.25, -0.2) is 18.0 Å². The highest BCUT2D eigenvalue weighted by molar-refractivity contribution is 7.89. The Bertz CT molecular complexity index is 806. The molecule has 0 bridgehead atoms. The Morgan fingerprint density at radius 1 is 1.32 bits per heavy atom. The number of anilines is 1. The van der Waals surface area contributed by atoms with Crippen LogP contribution in [-0.2, 0) is 29.0 Å². The Balaban J connectivity index is 2.37. The molecule has 1 atom stereocenters. The summed E-state index contributed by atoms with van der Waals surface area (Å²) in [5.74, 6) is -1.39. The Hall–Kier alpha value is -2.17. The summed E-state index contributed by atoms with van der Waals surface area (Å²) in [6.45, 7) is 5.07. The summed E-state index contributed by atoms with van der Waals surface area (Å²) >= 11 is 0. The highest BCUT2D eigenvalue weighted by Crippen LogP contribution is 2.25. The predicted octanol–water partition coefficient (Wildman–Crippen LogP) is 1.25. The molecule has 0 aliphatic carbocycles. The quantitative estimate of drug-likeness (QED) is 0.450. The van der Waals surface area contributed by atoms with Gasteiger partial charge in [-0.15, -0.1) is 0 Å². The molecular weight excluding hydrogens is 388 g/mol. The second kappa shape index (κ2) is 9.85. The van der Waals surface area contributed by atoms with Crippen LogP contribution in [0.1, 0.15) is 30.6 Å². The van der Waals surface area contributed by atoms with E-state index < -0.39 is 28.1 Å². The van der Waals surface area contributed by atoms with E-state index in [1.54, 1.807) is 21.0 Å². The fourth-order valence-electron chi connectivity index (χ4n) is 2.78. The van der Waals surface area contributed by atoms with Crippen LogP contribution >= 0.6 is 0 Å². The first kappa shape index (κ1) is 22.1. The standard InChI is InChI=1S/C18H26N2O7S/c1-4-20(5-2)28(23,24)13-6-7-15(19-9-11-25-3)14(12-13)17(21)27-16-8-10-26-18(16)22/h6-7,12,16,19H,4-5,8-11H2,1-3H3/t16-/m0/s1. The van der Waals surface area contributed by atoms with Crippen LogP contribution in [0.15, 0.2) is 23.1 Å². The van der Waals surface area contributed by atoms with E-state index in [0.29, 0.717) is 31.9 Å². The fraction of sp³-hybridized carbons (Fsp3) is 0.556. The zero-order valence-corrected chi connectivity index (χ0v) is 17.1. The van der Waals surface area contributed by atoms with Crippen molar-refractivity contribution in [1.82, 2.24) is 4.31 Å². The number of hydrogen-bond donors (Lipinski definition) is 1. The number of carbonyl (C=O) groups excluding carboxylic acids is 2. The van der Waals surface area contributed by atoms with Crippen LogP contribution in [0.5, 0.6) is 0 Å². The molecule has 156 valence electrons. The van der Waals surface area contributed by atoms with Gasteiger partial charge in [-0.2, -0.15) is 4.31 Å². The lowest BCUT2D eigenvalue weighted by molar-refractivity contribution is -0.145. The number of cyclic esters (lactones) is 1. The second-order valence-corrected chi connectivity index (χ2v) is 8.00. The van der Waals surface area contributed by atoms with Gasteiger partial charge in [0.1, 0.15) is 0 Å². The first-order valence-electron chi connectivity index (χ1n) is 9.09. The van der Waals surface area contributed by atoms with Gasteiger partial charge in [0.25, 0.3) is 0 Å². The lowest BCUT2D eigenvalue weighted by Crippen LogP contribution is -2.31. The van der Waals surface area contributed by atoms with Gasteiger partial charge in [-0.05, 0) is 18.2 Å². The van der Waals surface area contributed by atoms with Crippen LogP contribution < -0.4 is 5.32 Å². The summed E-state index contributed by atoms with van der Waals surface area (Å²) in [6, 6.07) is 4.21. The second-order valence-electron chi connectivity index (χ2n) is 6.07. The number of ether oxygens (including phenoxy) is 3. The normalized spacial score (nSPS) is 16.9. The maximum Gasteiger partial charge on any atom is 0.347 e. The van der Waals surface area contributed by atoms with Crippen molar-refractivity contribution in [3.05, 3.63) is 23.8 Å². The third-order valence-electron chi connectivity index (χ3n) is 4.31. The number of sulfonamides is 1. The maximum absolute atomic E-state index is 12.8. The number of nitrogens with zero attached hydrogens (tertiary/aromatic N) is 1. The molecule has 0 spiro atoms. The Labute approximate surface area is 165 Å². The lowest BCUT2D eigenvalue weighted by atomic mass is 10.1. The van der Waals surface area contributed by atoms with Gasteiger partial charge in [0.2, 0.25) is 16.1 Å². The van der Waals surface area contributed by atoms with Crippen LogP contribution in [0.4, 0.5) is 5.69 Å². The zero-order valence-electron chi connectivity index (χ0n) is 16.3. The van der Waals surface area contributed by atoms with Gasteiger partial charge in [-0.1, -0.05) is 13.8 Å². The van der Waals surface area contributed by atoms with Crippen molar-refractivity contribution >= 4 is 27.6 Å². The number of esters is 2. The average Bonchev–Trinajstić information content (AvgIpc) is 3.07. The molecule has 0 saturated carbocycles. The minimum absolute atomic E-state index is 0.0190. The predicted molar refractivity (Wildman–Crippen MR) is 102 cm³/mol. The van der Waals surface area contributed by atoms with Gasteiger partial charge < -0.3 is 19.5 Å². The summed E-state index contributed by atoms with van der Waals surface area (Å²) in [5, 5.41) is 3.02. The van der Waals surface area contributed by atoms with E-state index in [9.17, 15) is 18.0 Å². The third kappa shape index (κ3) is 5.00. The summed E-state index contributed by atoms with van der Waals surface area (Å²) in [7, 11) is -2.21. The molecule has 1 aliphatic rings. The van der Waals surface area contributed by atoms with E-state index >= 15 is 0 Å². The van der Waals surface area contributed by atoms with Crippen LogP contribution in [0.2, 0.25) is 0 Å². The van der Waals surface area contributed by atoms with Crippen molar-refractivity contribution in [3.8, 4) is 0 Å². The Morgan fingerprint density at radius 3 is 2.61 bits per heavy atom. The molecule has 1 aromatic rings. The smallest absolute Gasteiger partial charge is 0.347 e. The van der Waals surface area contributed by atoms with Crippen LogP contribution in [0, 0.1) is 0 Å². The third-order valence-corrected chi connectivity index (χ3v) is 6.36. The molecule has 1 heterocycles. The molecular formula is C18H26N2O7S. The first-order valence-corrected chi connectivity index (χ1v) is 10.5. The molecule has 1 saturated heterocycles. The molecule has 9 nitrogen and oxygen atoms in total. The van der Waals surface area contributed by atoms with Crippen molar-refractivity contribution in [2.45, 2.75) is 31.3 Å². The van der Waals surface area contributed by atoms with Crippen molar-refractivity contribution < 1.29 is 32.2 Å². The van der Waals surface area contributed by atoms with Crippen LogP contribution in [-0.4, -0.2) is 70.7 Å². The highest BCUT2D eigenvalue weighted by atomic mass is 32.2. The van der Waals surface area contributed by atoms with Gasteiger partial charge in [0.05, 0.1) is 23.7 Å². The van der Waals surface area contributed by atoms with Gasteiger partial charge >= 0.3 is 11.9 Å². The molecule has 1 N–H and O–H groups in total. The topological polar surface area (TPSA) is 111 Å². The molecule has 0 amide bonds. The van der Waals surface area contributed by atoms with E-state index in [2.05, 4.69) is 5.32 Å². The molecule has 2 rings (SSSR count). The minimum Gasteiger partial charge on any atom is -0.463 e. The first-order chi connectivity index (χ1) is 13.3. The van der Waals surface area contributed by atoms with E-state index in [1.165, 1.54) is 22.5 Å². The van der Waals surface area contributed by atoms with Crippen molar-refractivity contribution in [2.24, 2.45) is 0 Å². The maximum atomic E-state index is 12.8. The molecule has 0 aromatic heterocycles. The largest absolute Gasteiger partial charge is 0.463 e. The van der Waals surface area contributed by atoms with Gasteiger partial charge in [0.15, 0.2) is 0 Å². The van der Waals surface area contributed by atoms with Crippen LogP contribution in [0.25, 0.3) is 0 Å². The molecule has 10 heteroatoms. The SMILES string of the molecule is CCN(CC)S(=O)(=O)c1ccc(NCCOC)c(C(=O)O[C@H]2CCOC2=O)c1. The van der Waals surface area contributed by atoms with Gasteiger partial charge in [0, 0.05) is 38.9 Å². The molecule has 0 radical (unpaired) electrons. The lowest BCUT2D eigenvalue weighted by Gasteiger charge is -2.20. The van der Waals surface area contributed by atoms with Crippen molar-refractivity contribution in [3.63, 3.8) is 0 Å². The molecule has 1 aliphatic heterocycles. The monoisotopic (exact) mass is 414 g/mol. The van der Waals surface area contributed by atoms with E-state index in [0.717, 1.165) is 0 Å². The summed E-state index contributed by atoms with van der Waals surface area (Å²) in [4.78, 5) is 24.3. The molecule has 1 fully saturated rings. The van der Waals surface area contributed by atoms with E-state index in [1.807, 2.05) is 0 Å². The number of benzene rings is 1. The molecule has 0 unspecified atom stereocenters. The molecule has 1 aromatic carbocycles. The van der Waals surface area contributed by atoms with E-state index in [-0.39, 0.29) is 23.5 Å². The van der Waals surface area contributed by atoms with E-state index in [4.69, 9.17) is 14.2 Å². The summed E-state index contributed by atoms with van der Waals surface area (Å²) in [6.07, 6.45) is -0.712. The van der Waals surface area contributed by atoms with Gasteiger partial charge in [-0.3, -0.25) is 0 Å².